The summed E-state index contributed by atoms with van der Waals surface area (Å²) in [7, 11) is -3.41. The lowest BCUT2D eigenvalue weighted by molar-refractivity contribution is 0.0921. The molecule has 0 aliphatic carbocycles. The zero-order valence-corrected chi connectivity index (χ0v) is 18.0. The summed E-state index contributed by atoms with van der Waals surface area (Å²) in [6, 6.07) is 18.3. The molecule has 0 fully saturated rings. The van der Waals surface area contributed by atoms with Crippen molar-refractivity contribution in [1.82, 2.24) is 5.32 Å². The zero-order chi connectivity index (χ0) is 20.9. The summed E-state index contributed by atoms with van der Waals surface area (Å²) in [4.78, 5) is 13.5. The summed E-state index contributed by atoms with van der Waals surface area (Å²) < 4.78 is 30.5. The molecule has 7 heteroatoms. The van der Waals surface area contributed by atoms with Gasteiger partial charge in [-0.3, -0.25) is 4.79 Å². The first-order valence-electron chi connectivity index (χ1n) is 9.11. The van der Waals surface area contributed by atoms with E-state index in [1.807, 2.05) is 55.6 Å². The van der Waals surface area contributed by atoms with Gasteiger partial charge >= 0.3 is 0 Å². The quantitative estimate of drug-likeness (QED) is 0.539. The van der Waals surface area contributed by atoms with E-state index in [1.54, 1.807) is 17.8 Å². The van der Waals surface area contributed by atoms with Gasteiger partial charge in [-0.05, 0) is 54.1 Å². The number of amides is 1. The summed E-state index contributed by atoms with van der Waals surface area (Å²) in [5, 5.41) is 2.79. The number of hydrogen-bond acceptors (Lipinski definition) is 5. The lowest BCUT2D eigenvalue weighted by Gasteiger charge is -2.06. The Morgan fingerprint density at radius 2 is 1.72 bits per heavy atom. The predicted octanol–water partition coefficient (Wildman–Crippen LogP) is 4.35. The van der Waals surface area contributed by atoms with E-state index in [9.17, 15) is 13.2 Å². The summed E-state index contributed by atoms with van der Waals surface area (Å²) in [6.07, 6.45) is 2.01. The molecule has 3 aromatic rings. The van der Waals surface area contributed by atoms with Crippen LogP contribution in [0.3, 0.4) is 0 Å². The van der Waals surface area contributed by atoms with E-state index in [-0.39, 0.29) is 28.9 Å². The maximum Gasteiger partial charge on any atom is 0.287 e. The van der Waals surface area contributed by atoms with Crippen LogP contribution in [-0.2, 0) is 27.9 Å². The number of benzene rings is 2. The maximum absolute atomic E-state index is 12.5. The van der Waals surface area contributed by atoms with Gasteiger partial charge in [0.2, 0.25) is 0 Å². The lowest BCUT2D eigenvalue weighted by atomic mass is 10.1. The number of thioether (sulfide) groups is 1. The normalized spacial score (nSPS) is 11.4. The summed E-state index contributed by atoms with van der Waals surface area (Å²) in [5.41, 5.74) is 2.68. The SMILES string of the molecule is CSc1ccc(CNC(=O)c2ccc(CS(=O)(=O)Cc3ccccc3C)o2)cc1. The molecule has 0 atom stereocenters. The number of carbonyl (C=O) groups is 1. The van der Waals surface area contributed by atoms with Gasteiger partial charge in [0.25, 0.3) is 5.91 Å². The minimum Gasteiger partial charge on any atom is -0.455 e. The summed E-state index contributed by atoms with van der Waals surface area (Å²) in [6.45, 7) is 2.25. The lowest BCUT2D eigenvalue weighted by Crippen LogP contribution is -2.22. The number of sulfone groups is 1. The Morgan fingerprint density at radius 3 is 2.41 bits per heavy atom. The van der Waals surface area contributed by atoms with Crippen molar-refractivity contribution in [2.45, 2.75) is 29.9 Å². The van der Waals surface area contributed by atoms with Gasteiger partial charge in [-0.2, -0.15) is 0 Å². The Labute approximate surface area is 175 Å². The average molecular weight is 430 g/mol. The molecule has 152 valence electrons. The van der Waals surface area contributed by atoms with Crippen molar-refractivity contribution in [1.29, 1.82) is 0 Å². The molecule has 0 bridgehead atoms. The number of rotatable bonds is 8. The molecular formula is C22H23NO4S2. The molecule has 5 nitrogen and oxygen atoms in total. The van der Waals surface area contributed by atoms with E-state index in [2.05, 4.69) is 5.32 Å². The van der Waals surface area contributed by atoms with Crippen LogP contribution in [-0.4, -0.2) is 20.6 Å². The fourth-order valence-electron chi connectivity index (χ4n) is 2.87. The molecule has 0 unspecified atom stereocenters. The van der Waals surface area contributed by atoms with Gasteiger partial charge in [0.1, 0.15) is 11.5 Å². The second kappa shape index (κ2) is 9.33. The Morgan fingerprint density at radius 1 is 1.00 bits per heavy atom. The van der Waals surface area contributed by atoms with Gasteiger partial charge in [-0.1, -0.05) is 36.4 Å². The third-order valence-electron chi connectivity index (χ3n) is 4.50. The molecule has 1 amide bonds. The first-order chi connectivity index (χ1) is 13.9. The van der Waals surface area contributed by atoms with Crippen LogP contribution in [0, 0.1) is 6.92 Å². The van der Waals surface area contributed by atoms with Crippen LogP contribution in [0.25, 0.3) is 0 Å². The molecule has 3 rings (SSSR count). The molecular weight excluding hydrogens is 406 g/mol. The molecule has 0 saturated carbocycles. The Balaban J connectivity index is 1.59. The smallest absolute Gasteiger partial charge is 0.287 e. The third-order valence-corrected chi connectivity index (χ3v) is 6.72. The molecule has 0 saturated heterocycles. The maximum atomic E-state index is 12.5. The summed E-state index contributed by atoms with van der Waals surface area (Å²) >= 11 is 1.66. The Bertz CT molecular complexity index is 1090. The molecule has 1 aromatic heterocycles. The van der Waals surface area contributed by atoms with Crippen LogP contribution >= 0.6 is 11.8 Å². The van der Waals surface area contributed by atoms with Crippen LogP contribution < -0.4 is 5.32 Å². The highest BCUT2D eigenvalue weighted by Gasteiger charge is 2.18. The van der Waals surface area contributed by atoms with Crippen molar-refractivity contribution in [3.8, 4) is 0 Å². The van der Waals surface area contributed by atoms with Gasteiger partial charge in [0.15, 0.2) is 15.6 Å². The van der Waals surface area contributed by atoms with E-state index >= 15 is 0 Å². The highest BCUT2D eigenvalue weighted by Crippen LogP contribution is 2.18. The van der Waals surface area contributed by atoms with Gasteiger partial charge in [-0.15, -0.1) is 11.8 Å². The first kappa shape index (κ1) is 21.2. The van der Waals surface area contributed by atoms with Crippen molar-refractivity contribution in [2.75, 3.05) is 6.26 Å². The Hall–Kier alpha value is -2.51. The zero-order valence-electron chi connectivity index (χ0n) is 16.3. The fourth-order valence-corrected chi connectivity index (χ4v) is 4.76. The number of nitrogens with one attached hydrogen (secondary N) is 1. The largest absolute Gasteiger partial charge is 0.455 e. The number of furan rings is 1. The minimum absolute atomic E-state index is 0.0616. The van der Waals surface area contributed by atoms with E-state index in [0.29, 0.717) is 6.54 Å². The van der Waals surface area contributed by atoms with E-state index in [4.69, 9.17) is 4.42 Å². The monoisotopic (exact) mass is 429 g/mol. The van der Waals surface area contributed by atoms with Crippen molar-refractivity contribution in [3.63, 3.8) is 0 Å². The fraction of sp³-hybridized carbons (Fsp3) is 0.227. The van der Waals surface area contributed by atoms with Gasteiger partial charge in [-0.25, -0.2) is 8.42 Å². The number of hydrogen-bond donors (Lipinski definition) is 1. The highest BCUT2D eigenvalue weighted by molar-refractivity contribution is 7.98. The molecule has 0 aliphatic rings. The molecule has 1 N–H and O–H groups in total. The minimum atomic E-state index is -3.41. The average Bonchev–Trinajstić information content (AvgIpc) is 3.16. The second-order valence-corrected chi connectivity index (χ2v) is 9.70. The van der Waals surface area contributed by atoms with Gasteiger partial charge < -0.3 is 9.73 Å². The van der Waals surface area contributed by atoms with Crippen LogP contribution in [0.5, 0.6) is 0 Å². The van der Waals surface area contributed by atoms with Crippen LogP contribution in [0.15, 0.2) is 70.0 Å². The molecule has 0 aliphatic heterocycles. The standard InChI is InChI=1S/C22H23NO4S2/c1-16-5-3-4-6-18(16)14-29(25,26)15-19-9-12-21(27-19)22(24)23-13-17-7-10-20(28-2)11-8-17/h3-12H,13-15H2,1-2H3,(H,23,24). The van der Waals surface area contributed by atoms with Gasteiger partial charge in [0, 0.05) is 11.4 Å². The number of carbonyl (C=O) groups excluding carboxylic acids is 1. The van der Waals surface area contributed by atoms with Crippen molar-refractivity contribution < 1.29 is 17.6 Å². The third kappa shape index (κ3) is 5.98. The van der Waals surface area contributed by atoms with Gasteiger partial charge in [0.05, 0.1) is 5.75 Å². The van der Waals surface area contributed by atoms with Crippen molar-refractivity contribution >= 4 is 27.5 Å². The van der Waals surface area contributed by atoms with Crippen LogP contribution in [0.4, 0.5) is 0 Å². The second-order valence-electron chi connectivity index (χ2n) is 6.76. The van der Waals surface area contributed by atoms with Crippen molar-refractivity contribution in [3.05, 3.63) is 88.9 Å². The molecule has 1 heterocycles. The van der Waals surface area contributed by atoms with Crippen LogP contribution in [0.2, 0.25) is 0 Å². The Kier molecular flexibility index (Phi) is 6.82. The topological polar surface area (TPSA) is 76.4 Å². The van der Waals surface area contributed by atoms with E-state index < -0.39 is 9.84 Å². The molecule has 29 heavy (non-hydrogen) atoms. The highest BCUT2D eigenvalue weighted by atomic mass is 32.2. The van der Waals surface area contributed by atoms with Crippen molar-refractivity contribution in [2.24, 2.45) is 0 Å². The summed E-state index contributed by atoms with van der Waals surface area (Å²) in [5.74, 6) is -0.319. The molecule has 0 spiro atoms. The van der Waals surface area contributed by atoms with E-state index in [1.165, 1.54) is 12.1 Å². The predicted molar refractivity (Wildman–Crippen MR) is 116 cm³/mol. The molecule has 0 radical (unpaired) electrons. The van der Waals surface area contributed by atoms with E-state index in [0.717, 1.165) is 21.6 Å². The van der Waals surface area contributed by atoms with Crippen LogP contribution in [0.1, 0.15) is 33.0 Å². The molecule has 2 aromatic carbocycles. The first-order valence-corrected chi connectivity index (χ1v) is 12.2. The number of aryl methyl sites for hydroxylation is 1.